The molecule has 0 amide bonds. The first-order valence-corrected chi connectivity index (χ1v) is 5.91. The van der Waals surface area contributed by atoms with Crippen LogP contribution in [0.25, 0.3) is 0 Å². The van der Waals surface area contributed by atoms with Gasteiger partial charge >= 0.3 is 0 Å². The minimum absolute atomic E-state index is 0. The Hall–Kier alpha value is -1.01. The largest absolute Gasteiger partial charge is 0.373 e. The van der Waals surface area contributed by atoms with Gasteiger partial charge in [0, 0.05) is 14.4 Å². The molecule has 1 aliphatic rings. The second-order valence-corrected chi connectivity index (χ2v) is 3.59. The van der Waals surface area contributed by atoms with Gasteiger partial charge in [0.15, 0.2) is 5.78 Å². The fourth-order valence-corrected chi connectivity index (χ4v) is 1.73. The van der Waals surface area contributed by atoms with Gasteiger partial charge in [0.05, 0.1) is 0 Å². The number of allylic oxidation sites excluding steroid dienone is 1. The second kappa shape index (κ2) is 8.31. The van der Waals surface area contributed by atoms with Gasteiger partial charge in [0.2, 0.25) is 0 Å². The van der Waals surface area contributed by atoms with Crippen LogP contribution in [0.4, 0.5) is 0 Å². The summed E-state index contributed by atoms with van der Waals surface area (Å²) in [5, 5.41) is 3.20. The maximum absolute atomic E-state index is 11.0. The quantitative estimate of drug-likeness (QED) is 0.572. The first-order chi connectivity index (χ1) is 7.24. The topological polar surface area (TPSA) is 29.1 Å². The zero-order chi connectivity index (χ0) is 11.7. The molecular weight excluding hydrogens is 186 g/mol. The predicted molar refractivity (Wildman–Crippen MR) is 66.8 cm³/mol. The Morgan fingerprint density at radius 1 is 1.33 bits per heavy atom. The van der Waals surface area contributed by atoms with Gasteiger partial charge in [0.1, 0.15) is 5.70 Å². The zero-order valence-corrected chi connectivity index (χ0v) is 10.2. The molecule has 0 atom stereocenters. The average Bonchev–Trinajstić information content (AvgIpc) is 2.29. The lowest BCUT2D eigenvalue weighted by atomic mass is 9.95. The van der Waals surface area contributed by atoms with Gasteiger partial charge in [-0.15, -0.1) is 0 Å². The third-order valence-electron chi connectivity index (χ3n) is 2.48. The van der Waals surface area contributed by atoms with Crippen molar-refractivity contribution in [2.75, 3.05) is 0 Å². The lowest BCUT2D eigenvalue weighted by Crippen LogP contribution is -2.32. The van der Waals surface area contributed by atoms with Crippen molar-refractivity contribution in [1.82, 2.24) is 5.32 Å². The van der Waals surface area contributed by atoms with Gasteiger partial charge in [-0.2, -0.15) is 0 Å². The summed E-state index contributed by atoms with van der Waals surface area (Å²) >= 11 is 0. The van der Waals surface area contributed by atoms with E-state index in [0.717, 1.165) is 0 Å². The molecule has 15 heavy (non-hydrogen) atoms. The van der Waals surface area contributed by atoms with Crippen LogP contribution in [0.15, 0.2) is 18.0 Å². The van der Waals surface area contributed by atoms with E-state index in [1.165, 1.54) is 32.1 Å². The minimum atomic E-state index is 0. The molecule has 2 nitrogen and oxygen atoms in total. The third-order valence-corrected chi connectivity index (χ3v) is 2.48. The molecule has 1 rings (SSSR count). The monoisotopic (exact) mass is 211 g/mol. The molecule has 1 aliphatic carbocycles. The minimum Gasteiger partial charge on any atom is -0.373 e. The van der Waals surface area contributed by atoms with E-state index in [9.17, 15) is 4.79 Å². The predicted octanol–water partition coefficient (Wildman–Crippen LogP) is 3.44. The Bertz CT molecular complexity index is 238. The summed E-state index contributed by atoms with van der Waals surface area (Å²) in [6.45, 7) is 9.05. The summed E-state index contributed by atoms with van der Waals surface area (Å²) in [5.74, 6) is 0.0283. The molecular formula is C13H25NO. The van der Waals surface area contributed by atoms with Crippen molar-refractivity contribution in [3.63, 3.8) is 0 Å². The SMILES string of the molecule is C=C=C(NC1CCCCC1)C(C)=O.CC.[HH]. The van der Waals surface area contributed by atoms with Crippen molar-refractivity contribution in [1.29, 1.82) is 0 Å². The molecule has 0 bridgehead atoms. The number of hydrogen-bond donors (Lipinski definition) is 1. The highest BCUT2D eigenvalue weighted by Gasteiger charge is 2.14. The summed E-state index contributed by atoms with van der Waals surface area (Å²) in [6, 6.07) is 0.460. The van der Waals surface area contributed by atoms with Crippen molar-refractivity contribution in [3.8, 4) is 0 Å². The maximum atomic E-state index is 11.0. The number of hydrogen-bond acceptors (Lipinski definition) is 2. The Morgan fingerprint density at radius 2 is 1.87 bits per heavy atom. The van der Waals surface area contributed by atoms with Gasteiger partial charge in [-0.3, -0.25) is 4.79 Å². The van der Waals surface area contributed by atoms with E-state index >= 15 is 0 Å². The van der Waals surface area contributed by atoms with E-state index in [1.54, 1.807) is 6.92 Å². The van der Waals surface area contributed by atoms with Crippen LogP contribution in [0.2, 0.25) is 0 Å². The molecule has 0 saturated heterocycles. The average molecular weight is 211 g/mol. The van der Waals surface area contributed by atoms with E-state index in [0.29, 0.717) is 11.7 Å². The molecule has 0 radical (unpaired) electrons. The first-order valence-electron chi connectivity index (χ1n) is 5.91. The lowest BCUT2D eigenvalue weighted by Gasteiger charge is -2.23. The molecule has 0 aromatic carbocycles. The standard InChI is InChI=1S/C11H17NO.C2H6.H2/c1-3-11(9(2)13)12-10-7-5-4-6-8-10;1-2;/h10,12H,1,4-8H2,2H3;1-2H3;1H. The number of Topliss-reactive ketones (excluding diaryl/α,β-unsaturated/α-hetero) is 1. The molecule has 0 unspecified atom stereocenters. The van der Waals surface area contributed by atoms with E-state index in [1.807, 2.05) is 13.8 Å². The molecule has 1 N–H and O–H groups in total. The summed E-state index contributed by atoms with van der Waals surface area (Å²) < 4.78 is 0. The molecule has 1 saturated carbocycles. The lowest BCUT2D eigenvalue weighted by molar-refractivity contribution is -0.114. The van der Waals surface area contributed by atoms with E-state index in [-0.39, 0.29) is 7.21 Å². The van der Waals surface area contributed by atoms with Crippen LogP contribution in [-0.4, -0.2) is 11.8 Å². The smallest absolute Gasteiger partial charge is 0.183 e. The fraction of sp³-hybridized carbons (Fsp3) is 0.692. The fourth-order valence-electron chi connectivity index (χ4n) is 1.73. The molecule has 0 aromatic heterocycles. The van der Waals surface area contributed by atoms with Gasteiger partial charge in [0.25, 0.3) is 0 Å². The van der Waals surface area contributed by atoms with E-state index < -0.39 is 0 Å². The number of nitrogens with one attached hydrogen (secondary N) is 1. The van der Waals surface area contributed by atoms with Crippen LogP contribution in [-0.2, 0) is 4.79 Å². The van der Waals surface area contributed by atoms with E-state index in [4.69, 9.17) is 0 Å². The molecule has 2 heteroatoms. The Kier molecular flexibility index (Phi) is 7.75. The van der Waals surface area contributed by atoms with Gasteiger partial charge in [-0.1, -0.05) is 45.4 Å². The third kappa shape index (κ3) is 5.44. The van der Waals surface area contributed by atoms with Crippen LogP contribution >= 0.6 is 0 Å². The molecule has 1 fully saturated rings. The molecule has 0 aliphatic heterocycles. The number of carbonyl (C=O) groups excluding carboxylic acids is 1. The molecule has 0 aromatic rings. The Morgan fingerprint density at radius 3 is 2.27 bits per heavy atom. The van der Waals surface area contributed by atoms with Crippen LogP contribution in [0.3, 0.4) is 0 Å². The van der Waals surface area contributed by atoms with Gasteiger partial charge in [-0.05, 0) is 12.8 Å². The highest BCUT2D eigenvalue weighted by atomic mass is 16.1. The molecule has 0 spiro atoms. The Balaban J connectivity index is 0. The number of carbonyl (C=O) groups is 1. The number of ketones is 1. The van der Waals surface area contributed by atoms with Gasteiger partial charge < -0.3 is 5.32 Å². The highest BCUT2D eigenvalue weighted by Crippen LogP contribution is 2.18. The summed E-state index contributed by atoms with van der Waals surface area (Å²) in [7, 11) is 0. The van der Waals surface area contributed by atoms with Crippen molar-refractivity contribution >= 4 is 5.78 Å². The first kappa shape index (κ1) is 14.0. The van der Waals surface area contributed by atoms with Crippen molar-refractivity contribution in [3.05, 3.63) is 18.0 Å². The van der Waals surface area contributed by atoms with Gasteiger partial charge in [-0.25, -0.2) is 0 Å². The van der Waals surface area contributed by atoms with Crippen molar-refractivity contribution < 1.29 is 6.22 Å². The van der Waals surface area contributed by atoms with Crippen LogP contribution < -0.4 is 5.32 Å². The van der Waals surface area contributed by atoms with Crippen LogP contribution in [0, 0.1) is 0 Å². The highest BCUT2D eigenvalue weighted by molar-refractivity contribution is 5.92. The van der Waals surface area contributed by atoms with Crippen molar-refractivity contribution in [2.24, 2.45) is 0 Å². The van der Waals surface area contributed by atoms with Crippen LogP contribution in [0.5, 0.6) is 0 Å². The summed E-state index contributed by atoms with van der Waals surface area (Å²) in [6.07, 6.45) is 6.18. The maximum Gasteiger partial charge on any atom is 0.183 e. The molecule has 0 heterocycles. The second-order valence-electron chi connectivity index (χ2n) is 3.59. The van der Waals surface area contributed by atoms with Crippen molar-refractivity contribution in [2.45, 2.75) is 58.9 Å². The molecule has 88 valence electrons. The van der Waals surface area contributed by atoms with E-state index in [2.05, 4.69) is 17.6 Å². The normalized spacial score (nSPS) is 15.7. The van der Waals surface area contributed by atoms with Crippen LogP contribution in [0.1, 0.15) is 54.3 Å². The number of rotatable bonds is 3. The zero-order valence-electron chi connectivity index (χ0n) is 10.2. The Labute approximate surface area is 94.9 Å². The summed E-state index contributed by atoms with van der Waals surface area (Å²) in [5.41, 5.74) is 3.20. The summed E-state index contributed by atoms with van der Waals surface area (Å²) in [4.78, 5) is 11.0.